The van der Waals surface area contributed by atoms with Gasteiger partial charge >= 0.3 is 12.1 Å². The van der Waals surface area contributed by atoms with E-state index in [0.717, 1.165) is 46.8 Å². The van der Waals surface area contributed by atoms with E-state index >= 15 is 0 Å². The van der Waals surface area contributed by atoms with Crippen molar-refractivity contribution in [2.24, 2.45) is 11.8 Å². The molecule has 284 valence electrons. The molecule has 0 unspecified atom stereocenters. The summed E-state index contributed by atoms with van der Waals surface area (Å²) in [7, 11) is 2.90. The van der Waals surface area contributed by atoms with Crippen molar-refractivity contribution in [3.8, 4) is 40.0 Å². The number of aromatic nitrogens is 2. The molecule has 2 atom stereocenters. The highest BCUT2D eigenvalue weighted by Gasteiger charge is 2.40. The molecular formula is C40H40ClF3N4O6. The molecular weight excluding hydrogens is 725 g/mol. The number of nitrogens with zero attached hydrogens (tertiary/aromatic N) is 3. The second kappa shape index (κ2) is 15.6. The zero-order chi connectivity index (χ0) is 38.1. The Kier molecular flexibility index (Phi) is 10.8. The minimum absolute atomic E-state index is 0.0105. The number of ketones is 1. The summed E-state index contributed by atoms with van der Waals surface area (Å²) in [6, 6.07) is 16.1. The van der Waals surface area contributed by atoms with Gasteiger partial charge in [0.05, 0.1) is 30.9 Å². The van der Waals surface area contributed by atoms with Gasteiger partial charge in [-0.15, -0.1) is 0 Å². The summed E-state index contributed by atoms with van der Waals surface area (Å²) in [6.45, 7) is 1.81. The Balaban J connectivity index is 1.12. The number of methoxy groups -OCH3 is 2. The number of pyridine rings is 2. The van der Waals surface area contributed by atoms with E-state index in [4.69, 9.17) is 30.8 Å². The number of halogens is 4. The molecule has 0 radical (unpaired) electrons. The minimum Gasteiger partial charge on any atom is -0.481 e. The largest absolute Gasteiger partial charge is 0.481 e. The first-order valence-electron chi connectivity index (χ1n) is 17.9. The van der Waals surface area contributed by atoms with Gasteiger partial charge in [0, 0.05) is 61.3 Å². The summed E-state index contributed by atoms with van der Waals surface area (Å²) in [5.41, 5.74) is 4.62. The third-order valence-electron chi connectivity index (χ3n) is 10.5. The van der Waals surface area contributed by atoms with Crippen LogP contribution in [0.2, 0.25) is 5.02 Å². The summed E-state index contributed by atoms with van der Waals surface area (Å²) < 4.78 is 60.4. The first-order chi connectivity index (χ1) is 25.9. The molecule has 2 N–H and O–H groups in total. The first kappa shape index (κ1) is 37.6. The van der Waals surface area contributed by atoms with Gasteiger partial charge in [-0.2, -0.15) is 18.2 Å². The van der Waals surface area contributed by atoms with Gasteiger partial charge in [0.15, 0.2) is 0 Å². The number of carboxylic acid groups (broad SMARTS) is 1. The maximum absolute atomic E-state index is 14.4. The van der Waals surface area contributed by atoms with Crippen LogP contribution in [0.25, 0.3) is 22.4 Å². The summed E-state index contributed by atoms with van der Waals surface area (Å²) in [5, 5.41) is 13.1. The standard InChI is InChI=1S/C40H40ClF3N4O6/c1-52-36-23(18-45-17-22-9-11-26(49)15-22)10-13-33(46-36)31-8-4-7-30(35(31)41)27-5-3-6-29-28(27)12-14-34(29)54-38-32(40(42,43)44)16-24(37(47-38)53-2)19-48-20-25(21-48)39(50)51/h3-8,10,13,16,22,25,34,45H,9,11-12,14-15,17-21H2,1-2H3,(H,50,51)/t22-,34+/m1/s1. The number of alkyl halides is 3. The molecule has 7 rings (SSSR count). The number of aliphatic carboxylic acids is 1. The fourth-order valence-corrected chi connectivity index (χ4v) is 8.00. The van der Waals surface area contributed by atoms with Gasteiger partial charge < -0.3 is 24.6 Å². The maximum atomic E-state index is 14.4. The van der Waals surface area contributed by atoms with E-state index in [9.17, 15) is 27.9 Å². The number of carbonyl (C=O) groups excluding carboxylic acids is 1. The lowest BCUT2D eigenvalue weighted by Crippen LogP contribution is -2.49. The molecule has 0 bridgehead atoms. The topological polar surface area (TPSA) is 123 Å². The van der Waals surface area contributed by atoms with E-state index in [-0.39, 0.29) is 31.1 Å². The Labute approximate surface area is 315 Å². The van der Waals surface area contributed by atoms with Crippen LogP contribution in [0.5, 0.6) is 17.6 Å². The number of benzene rings is 2. The minimum atomic E-state index is -4.76. The van der Waals surface area contributed by atoms with Crippen LogP contribution in [-0.4, -0.2) is 65.6 Å². The van der Waals surface area contributed by atoms with Crippen molar-refractivity contribution in [1.82, 2.24) is 20.2 Å². The molecule has 4 aromatic rings. The van der Waals surface area contributed by atoms with Gasteiger partial charge in [0.1, 0.15) is 17.5 Å². The third kappa shape index (κ3) is 7.75. The monoisotopic (exact) mass is 764 g/mol. The fourth-order valence-electron chi connectivity index (χ4n) is 7.67. The van der Waals surface area contributed by atoms with Crippen LogP contribution in [0.3, 0.4) is 0 Å². The van der Waals surface area contributed by atoms with Crippen molar-refractivity contribution >= 4 is 23.4 Å². The number of rotatable bonds is 13. The van der Waals surface area contributed by atoms with Crippen molar-refractivity contribution in [2.75, 3.05) is 33.9 Å². The number of hydrogen-bond donors (Lipinski definition) is 2. The predicted octanol–water partition coefficient (Wildman–Crippen LogP) is 7.54. The zero-order valence-corrected chi connectivity index (χ0v) is 30.6. The molecule has 3 heterocycles. The van der Waals surface area contributed by atoms with Crippen LogP contribution < -0.4 is 19.5 Å². The number of ether oxygens (including phenoxy) is 3. The van der Waals surface area contributed by atoms with E-state index in [0.29, 0.717) is 66.1 Å². The van der Waals surface area contributed by atoms with E-state index in [1.165, 1.54) is 7.11 Å². The Bertz CT molecular complexity index is 2070. The van der Waals surface area contributed by atoms with E-state index in [2.05, 4.69) is 10.3 Å². The van der Waals surface area contributed by atoms with Crippen LogP contribution in [0.4, 0.5) is 13.2 Å². The molecule has 0 spiro atoms. The molecule has 2 aromatic carbocycles. The highest BCUT2D eigenvalue weighted by Crippen LogP contribution is 2.46. The second-order valence-electron chi connectivity index (χ2n) is 14.1. The van der Waals surface area contributed by atoms with Crippen LogP contribution in [0, 0.1) is 11.8 Å². The molecule has 3 aliphatic rings. The lowest BCUT2D eigenvalue weighted by atomic mass is 9.94. The molecule has 2 aliphatic carbocycles. The lowest BCUT2D eigenvalue weighted by Gasteiger charge is -2.36. The number of carbonyl (C=O) groups is 2. The molecule has 54 heavy (non-hydrogen) atoms. The van der Waals surface area contributed by atoms with Crippen LogP contribution >= 0.6 is 11.6 Å². The van der Waals surface area contributed by atoms with E-state index in [1.54, 1.807) is 12.0 Å². The average molecular weight is 765 g/mol. The number of nitrogens with one attached hydrogen (secondary N) is 1. The van der Waals surface area contributed by atoms with Gasteiger partial charge in [-0.25, -0.2) is 4.98 Å². The van der Waals surface area contributed by atoms with Gasteiger partial charge in [0.2, 0.25) is 17.6 Å². The van der Waals surface area contributed by atoms with Gasteiger partial charge in [-0.1, -0.05) is 54.1 Å². The summed E-state index contributed by atoms with van der Waals surface area (Å²) in [5.74, 6) is -0.951. The molecule has 0 amide bonds. The SMILES string of the molecule is COc1nc(-c2cccc(-c3cccc4c3CC[C@@H]4Oc3nc(OC)c(CN4CC(C(=O)O)C4)cc3C(F)(F)F)c2Cl)ccc1CNC[C@@H]1CCC(=O)C1. The normalized spacial score (nSPS) is 18.7. The van der Waals surface area contributed by atoms with Crippen LogP contribution in [0.1, 0.15) is 59.6 Å². The fraction of sp³-hybridized carbons (Fsp3) is 0.400. The highest BCUT2D eigenvalue weighted by molar-refractivity contribution is 6.36. The van der Waals surface area contributed by atoms with Gasteiger partial charge in [-0.3, -0.25) is 14.5 Å². The Hall–Kier alpha value is -4.72. The third-order valence-corrected chi connectivity index (χ3v) is 10.9. The molecule has 10 nitrogen and oxygen atoms in total. The first-order valence-corrected chi connectivity index (χ1v) is 18.3. The summed E-state index contributed by atoms with van der Waals surface area (Å²) in [4.78, 5) is 33.6. The van der Waals surface area contributed by atoms with Crippen molar-refractivity contribution in [3.05, 3.63) is 87.4 Å². The van der Waals surface area contributed by atoms with Crippen LogP contribution in [-0.2, 0) is 35.3 Å². The Morgan fingerprint density at radius 2 is 1.67 bits per heavy atom. The molecule has 1 aliphatic heterocycles. The predicted molar refractivity (Wildman–Crippen MR) is 195 cm³/mol. The molecule has 2 fully saturated rings. The van der Waals surface area contributed by atoms with Crippen molar-refractivity contribution in [1.29, 1.82) is 0 Å². The quantitative estimate of drug-likeness (QED) is 0.141. The van der Waals surface area contributed by atoms with Gasteiger partial charge in [0.25, 0.3) is 0 Å². The van der Waals surface area contributed by atoms with Crippen molar-refractivity contribution in [2.45, 2.75) is 57.5 Å². The maximum Gasteiger partial charge on any atom is 0.421 e. The Morgan fingerprint density at radius 3 is 2.37 bits per heavy atom. The van der Waals surface area contributed by atoms with E-state index < -0.39 is 35.6 Å². The number of Topliss-reactive ketones (excluding diaryl/α,β-unsaturated/α-hetero) is 1. The summed E-state index contributed by atoms with van der Waals surface area (Å²) >= 11 is 7.11. The number of likely N-dealkylation sites (tertiary alicyclic amines) is 1. The smallest absolute Gasteiger partial charge is 0.421 e. The molecule has 14 heteroatoms. The highest BCUT2D eigenvalue weighted by atomic mass is 35.5. The second-order valence-corrected chi connectivity index (χ2v) is 14.4. The summed E-state index contributed by atoms with van der Waals surface area (Å²) in [6.07, 6.45) is -2.34. The Morgan fingerprint density at radius 1 is 0.944 bits per heavy atom. The molecule has 1 saturated carbocycles. The molecule has 2 aromatic heterocycles. The lowest BCUT2D eigenvalue weighted by molar-refractivity contribution is -0.147. The van der Waals surface area contributed by atoms with Crippen molar-refractivity contribution in [3.63, 3.8) is 0 Å². The number of hydrogen-bond acceptors (Lipinski definition) is 9. The van der Waals surface area contributed by atoms with Crippen molar-refractivity contribution < 1.29 is 42.1 Å². The molecule has 1 saturated heterocycles. The zero-order valence-electron chi connectivity index (χ0n) is 29.8. The average Bonchev–Trinajstić information content (AvgIpc) is 3.74. The van der Waals surface area contributed by atoms with Crippen LogP contribution in [0.15, 0.2) is 54.6 Å². The van der Waals surface area contributed by atoms with Gasteiger partial charge in [-0.05, 0) is 60.5 Å². The number of fused-ring (bicyclic) bond motifs is 1. The van der Waals surface area contributed by atoms with E-state index in [1.807, 2.05) is 48.5 Å². The number of carboxylic acids is 1.